The molecule has 0 unspecified atom stereocenters. The number of hydrogen-bond acceptors (Lipinski definition) is 2. The van der Waals surface area contributed by atoms with E-state index in [4.69, 9.17) is 17.6 Å². The van der Waals surface area contributed by atoms with E-state index in [0.717, 1.165) is 0 Å². The lowest BCUT2D eigenvalue weighted by atomic mass is 10.8. The fourth-order valence-electron chi connectivity index (χ4n) is 0.125. The van der Waals surface area contributed by atoms with Gasteiger partial charge in [0.2, 0.25) is 0 Å². The summed E-state index contributed by atoms with van der Waals surface area (Å²) in [6.07, 6.45) is -3.48. The molecular weight excluding hydrogens is 135 g/mol. The summed E-state index contributed by atoms with van der Waals surface area (Å²) in [6, 6.07) is 0. The minimum absolute atomic E-state index is 2.17. The monoisotopic (exact) mass is 142 g/mol. The Labute approximate surface area is 47.9 Å². The summed E-state index contributed by atoms with van der Waals surface area (Å²) in [5.41, 5.74) is 0. The average molecular weight is 142 g/mol. The average Bonchev–Trinajstić information content (AvgIpc) is 1.62. The standard InChI is InChI=1S/C2H5O5P/c3-2(4)1-8(5,6)7/h1H2,(H,3,4)(H2,5,6,7)/i1D2. The van der Waals surface area contributed by atoms with E-state index in [1.54, 1.807) is 0 Å². The highest BCUT2D eigenvalue weighted by atomic mass is 31.2. The summed E-state index contributed by atoms with van der Waals surface area (Å²) in [5.74, 6) is -2.17. The molecule has 0 aromatic heterocycles. The smallest absolute Gasteiger partial charge is 0.336 e. The summed E-state index contributed by atoms with van der Waals surface area (Å²) < 4.78 is 22.7. The summed E-state index contributed by atoms with van der Waals surface area (Å²) in [4.78, 5) is 25.9. The molecule has 0 aliphatic heterocycles. The molecular formula is C2H5O5P. The molecule has 0 heterocycles. The Morgan fingerprint density at radius 2 is 2.12 bits per heavy atom. The van der Waals surface area contributed by atoms with Crippen molar-refractivity contribution >= 4 is 13.6 Å². The normalized spacial score (nSPS) is 16.8. The lowest BCUT2D eigenvalue weighted by molar-refractivity contribution is -0.134. The Balaban J connectivity index is 4.75. The minimum Gasteiger partial charge on any atom is -0.481 e. The number of carboxylic acids is 1. The highest BCUT2D eigenvalue weighted by Gasteiger charge is 2.17. The van der Waals surface area contributed by atoms with E-state index >= 15 is 0 Å². The minimum atomic E-state index is -5.19. The van der Waals surface area contributed by atoms with Crippen LogP contribution >= 0.6 is 7.60 Å². The second-order valence-corrected chi connectivity index (χ2v) is 2.27. The van der Waals surface area contributed by atoms with Crippen molar-refractivity contribution in [1.29, 1.82) is 0 Å². The number of carbonyl (C=O) groups is 1. The van der Waals surface area contributed by atoms with Crippen LogP contribution in [0, 0.1) is 0 Å². The molecule has 0 radical (unpaired) electrons. The van der Waals surface area contributed by atoms with Gasteiger partial charge in [-0.15, -0.1) is 0 Å². The molecule has 0 aromatic carbocycles. The van der Waals surface area contributed by atoms with E-state index in [2.05, 4.69) is 0 Å². The zero-order chi connectivity index (χ0) is 8.58. The van der Waals surface area contributed by atoms with E-state index in [1.807, 2.05) is 0 Å². The SMILES string of the molecule is [2H]C([2H])(C(=O)O)P(=O)(O)O. The first kappa shape index (κ1) is 4.49. The molecule has 48 valence electrons. The van der Waals surface area contributed by atoms with Crippen molar-refractivity contribution in [2.24, 2.45) is 0 Å². The van der Waals surface area contributed by atoms with Crippen LogP contribution in [0.15, 0.2) is 0 Å². The fraction of sp³-hybridized carbons (Fsp3) is 0.500. The van der Waals surface area contributed by atoms with Crippen molar-refractivity contribution in [3.05, 3.63) is 0 Å². The molecule has 0 amide bonds. The van der Waals surface area contributed by atoms with Gasteiger partial charge in [-0.05, 0) is 0 Å². The first-order valence-corrected chi connectivity index (χ1v) is 3.10. The first-order valence-electron chi connectivity index (χ1n) is 2.48. The fourth-order valence-corrected chi connectivity index (χ4v) is 0.374. The maximum absolute atomic E-state index is 10.0. The van der Waals surface area contributed by atoms with Gasteiger partial charge in [0.05, 0.1) is 2.74 Å². The van der Waals surface area contributed by atoms with E-state index in [1.165, 1.54) is 0 Å². The van der Waals surface area contributed by atoms with Crippen LogP contribution in [0.4, 0.5) is 0 Å². The van der Waals surface area contributed by atoms with Crippen LogP contribution in [-0.4, -0.2) is 27.0 Å². The maximum atomic E-state index is 10.0. The van der Waals surface area contributed by atoms with E-state index in [9.17, 15) is 9.36 Å². The molecule has 0 aromatic rings. The van der Waals surface area contributed by atoms with Crippen LogP contribution in [0.25, 0.3) is 0 Å². The van der Waals surface area contributed by atoms with Crippen LogP contribution in [-0.2, 0) is 9.36 Å². The molecule has 0 bridgehead atoms. The van der Waals surface area contributed by atoms with Gasteiger partial charge < -0.3 is 14.9 Å². The molecule has 0 rings (SSSR count). The van der Waals surface area contributed by atoms with Crippen molar-refractivity contribution in [3.63, 3.8) is 0 Å². The van der Waals surface area contributed by atoms with Gasteiger partial charge in [-0.25, -0.2) is 0 Å². The Kier molecular flexibility index (Phi) is 1.27. The van der Waals surface area contributed by atoms with Crippen LogP contribution in [0.5, 0.6) is 0 Å². The molecule has 0 fully saturated rings. The topological polar surface area (TPSA) is 94.8 Å². The van der Waals surface area contributed by atoms with Crippen molar-refractivity contribution in [3.8, 4) is 0 Å². The zero-order valence-corrected chi connectivity index (χ0v) is 4.50. The highest BCUT2D eigenvalue weighted by Crippen LogP contribution is 2.33. The summed E-state index contributed by atoms with van der Waals surface area (Å²) in [7, 11) is -5.19. The van der Waals surface area contributed by atoms with E-state index in [0.29, 0.717) is 0 Å². The van der Waals surface area contributed by atoms with Gasteiger partial charge in [-0.3, -0.25) is 9.36 Å². The molecule has 0 aliphatic carbocycles. The number of aliphatic carboxylic acids is 1. The predicted molar refractivity (Wildman–Crippen MR) is 24.5 cm³/mol. The molecule has 0 spiro atoms. The molecule has 0 aliphatic rings. The molecule has 8 heavy (non-hydrogen) atoms. The molecule has 0 saturated heterocycles. The Hall–Kier alpha value is -0.380. The third kappa shape index (κ3) is 5.62. The van der Waals surface area contributed by atoms with Gasteiger partial charge in [0.25, 0.3) is 0 Å². The van der Waals surface area contributed by atoms with E-state index in [-0.39, 0.29) is 0 Å². The largest absolute Gasteiger partial charge is 0.481 e. The number of rotatable bonds is 2. The Morgan fingerprint density at radius 1 is 1.75 bits per heavy atom. The second kappa shape index (κ2) is 2.26. The third-order valence-corrected chi connectivity index (χ3v) is 0.724. The quantitative estimate of drug-likeness (QED) is 0.441. The van der Waals surface area contributed by atoms with Crippen molar-refractivity contribution < 1.29 is 27.0 Å². The van der Waals surface area contributed by atoms with Gasteiger partial charge in [0.15, 0.2) is 0 Å². The molecule has 0 atom stereocenters. The van der Waals surface area contributed by atoms with Crippen LogP contribution in [0.3, 0.4) is 0 Å². The van der Waals surface area contributed by atoms with Crippen molar-refractivity contribution in [1.82, 2.24) is 0 Å². The lowest BCUT2D eigenvalue weighted by Gasteiger charge is -1.95. The molecule has 6 heteroatoms. The lowest BCUT2D eigenvalue weighted by Crippen LogP contribution is -2.01. The summed E-state index contributed by atoms with van der Waals surface area (Å²) in [6.45, 7) is 0. The second-order valence-electron chi connectivity index (χ2n) is 0.961. The zero-order valence-electron chi connectivity index (χ0n) is 5.61. The van der Waals surface area contributed by atoms with Crippen LogP contribution in [0.2, 0.25) is 0 Å². The predicted octanol–water partition coefficient (Wildman–Crippen LogP) is -0.751. The summed E-state index contributed by atoms with van der Waals surface area (Å²) in [5, 5.41) is 7.91. The molecule has 3 N–H and O–H groups in total. The van der Waals surface area contributed by atoms with Crippen LogP contribution in [0.1, 0.15) is 2.74 Å². The highest BCUT2D eigenvalue weighted by molar-refractivity contribution is 7.52. The number of hydrogen-bond donors (Lipinski definition) is 3. The molecule has 0 saturated carbocycles. The first-order chi connectivity index (χ1) is 4.19. The van der Waals surface area contributed by atoms with Gasteiger partial charge >= 0.3 is 13.6 Å². The van der Waals surface area contributed by atoms with Gasteiger partial charge in [-0.2, -0.15) is 0 Å². The molecule has 5 nitrogen and oxygen atoms in total. The Bertz CT molecular complexity index is 194. The summed E-state index contributed by atoms with van der Waals surface area (Å²) >= 11 is 0. The van der Waals surface area contributed by atoms with Gasteiger partial charge in [0.1, 0.15) is 6.11 Å². The van der Waals surface area contributed by atoms with E-state index < -0.39 is 19.7 Å². The van der Waals surface area contributed by atoms with Crippen LogP contribution < -0.4 is 0 Å². The van der Waals surface area contributed by atoms with Crippen molar-refractivity contribution in [2.45, 2.75) is 0 Å². The number of carboxylic acid groups (broad SMARTS) is 1. The third-order valence-electron chi connectivity index (χ3n) is 0.241. The Morgan fingerprint density at radius 3 is 2.12 bits per heavy atom. The van der Waals surface area contributed by atoms with Gasteiger partial charge in [0, 0.05) is 0 Å². The van der Waals surface area contributed by atoms with Crippen molar-refractivity contribution in [2.75, 3.05) is 6.11 Å². The van der Waals surface area contributed by atoms with Gasteiger partial charge in [-0.1, -0.05) is 0 Å². The maximum Gasteiger partial charge on any atom is 0.336 e.